The van der Waals surface area contributed by atoms with Crippen LogP contribution < -0.4 is 75.6 Å². The molecule has 0 spiro atoms. The van der Waals surface area contributed by atoms with Gasteiger partial charge in [0.1, 0.15) is 63.2 Å². The van der Waals surface area contributed by atoms with Crippen LogP contribution in [0.2, 0.25) is 30.3 Å². The molecule has 10 heterocycles. The smallest absolute Gasteiger partial charge is 0.870 e. The summed E-state index contributed by atoms with van der Waals surface area (Å²) >= 11 is 47.3. The number of carboxylic acids is 1. The number of hydrogen-bond acceptors (Lipinski definition) is 25. The van der Waals surface area contributed by atoms with Crippen molar-refractivity contribution in [1.82, 2.24) is 48.6 Å². The van der Waals surface area contributed by atoms with Gasteiger partial charge in [0.15, 0.2) is 27.1 Å². The molecule has 10 aromatic heterocycles. The number of carbonyl (C=O) groups is 3. The molecule has 0 saturated carbocycles. The number of halogens is 7. The number of benzene rings is 5. The van der Waals surface area contributed by atoms with Crippen molar-refractivity contribution in [1.29, 1.82) is 10.5 Å². The number of fused-ring (bicyclic) bond motifs is 10. The van der Waals surface area contributed by atoms with E-state index < -0.39 is 33.8 Å². The zero-order chi connectivity index (χ0) is 96.4. The molecule has 0 bridgehead atoms. The first kappa shape index (κ1) is 120. The quantitative estimate of drug-likeness (QED) is 0.0137. The maximum Gasteiger partial charge on any atom is 1.00 e. The van der Waals surface area contributed by atoms with Crippen LogP contribution in [-0.2, 0) is 70.2 Å². The van der Waals surface area contributed by atoms with Crippen LogP contribution in [-0.4, -0.2) is 144 Å². The zero-order valence-corrected chi connectivity index (χ0v) is 88.4. The first-order chi connectivity index (χ1) is 62.1. The fourth-order valence-electron chi connectivity index (χ4n) is 13.7. The van der Waals surface area contributed by atoms with Gasteiger partial charge in [-0.3, -0.25) is 38.4 Å². The molecule has 0 unspecified atom stereocenters. The van der Waals surface area contributed by atoms with Crippen molar-refractivity contribution in [3.8, 4) is 12.1 Å². The van der Waals surface area contributed by atoms with E-state index in [2.05, 4.69) is 77.4 Å². The van der Waals surface area contributed by atoms with Crippen molar-refractivity contribution < 1.29 is 98.6 Å². The number of H-pyrrole nitrogens is 2. The molecule has 0 aliphatic rings. The topological polar surface area (TPSA) is 451 Å². The average Bonchev–Trinajstić information content (AvgIpc) is 0.815. The van der Waals surface area contributed by atoms with Crippen LogP contribution in [0.25, 0.3) is 119 Å². The number of carboxylic acid groups (broad SMARTS) is 1. The summed E-state index contributed by atoms with van der Waals surface area (Å²) in [4.78, 5) is 149. The van der Waals surface area contributed by atoms with Gasteiger partial charge in [-0.05, 0) is 194 Å². The van der Waals surface area contributed by atoms with Gasteiger partial charge in [0.2, 0.25) is 0 Å². The van der Waals surface area contributed by atoms with E-state index in [1.54, 1.807) is 200 Å². The predicted molar refractivity (Wildman–Crippen MR) is 550 cm³/mol. The van der Waals surface area contributed by atoms with Crippen molar-refractivity contribution in [2.45, 2.75) is 143 Å². The molecule has 5 aromatic carbocycles. The Hall–Kier alpha value is -9.31. The number of aromatic nitrogens is 10. The monoisotopic (exact) mass is 2130 g/mol. The Morgan fingerprint density at radius 3 is 1.09 bits per heavy atom. The molecule has 706 valence electrons. The van der Waals surface area contributed by atoms with Gasteiger partial charge in [0, 0.05) is 64.4 Å². The van der Waals surface area contributed by atoms with E-state index in [1.807, 2.05) is 37.6 Å². The number of pyridine rings is 10. The Labute approximate surface area is 880 Å². The average molecular weight is 2140 g/mol. The van der Waals surface area contributed by atoms with Crippen LogP contribution >= 0.6 is 144 Å². The predicted octanol–water partition coefficient (Wildman–Crippen LogP) is 15.4. The Morgan fingerprint density at radius 1 is 0.460 bits per heavy atom. The summed E-state index contributed by atoms with van der Waals surface area (Å²) < 4.78 is 14.5. The van der Waals surface area contributed by atoms with Crippen molar-refractivity contribution in [3.63, 3.8) is 0 Å². The third-order valence-corrected chi connectivity index (χ3v) is 27.5. The fourth-order valence-corrected chi connectivity index (χ4v) is 19.3. The summed E-state index contributed by atoms with van der Waals surface area (Å²) in [6, 6.07) is 37.9. The van der Waals surface area contributed by atoms with Gasteiger partial charge in [-0.15, -0.1) is 58.8 Å². The Bertz CT molecular complexity index is 7720. The summed E-state index contributed by atoms with van der Waals surface area (Å²) in [6.07, 6.45) is 11.2. The second kappa shape index (κ2) is 51.2. The second-order valence-corrected chi connectivity index (χ2v) is 37.6. The minimum absolute atomic E-state index is 0. The molecule has 15 aromatic rings. The minimum Gasteiger partial charge on any atom is -0.870 e. The van der Waals surface area contributed by atoms with Gasteiger partial charge in [0.25, 0.3) is 11.1 Å². The third-order valence-electron chi connectivity index (χ3n) is 20.6. The number of alkyl halides is 1. The summed E-state index contributed by atoms with van der Waals surface area (Å²) in [6.45, 7) is 32.5. The molecule has 43 heteroatoms. The number of aromatic amines is 2. The third kappa shape index (κ3) is 25.5. The summed E-state index contributed by atoms with van der Waals surface area (Å²) in [5.41, 5.74) is 2.84. The van der Waals surface area contributed by atoms with Crippen LogP contribution in [0.1, 0.15) is 99.4 Å². The summed E-state index contributed by atoms with van der Waals surface area (Å²) in [5.74, 6) is -1.72. The number of hydrogen-bond donors (Lipinski definition) is 3. The summed E-state index contributed by atoms with van der Waals surface area (Å²) in [7, 11) is 0. The molecule has 15 rings (SSSR count). The number of aliphatic carboxylic acids is 1. The van der Waals surface area contributed by atoms with Gasteiger partial charge < -0.3 is 69.2 Å². The Kier molecular flexibility index (Phi) is 44.9. The Morgan fingerprint density at radius 2 is 0.752 bits per heavy atom. The van der Waals surface area contributed by atoms with Crippen LogP contribution in [0.15, 0.2) is 170 Å². The van der Waals surface area contributed by atoms with Crippen LogP contribution in [0.5, 0.6) is 0 Å². The number of carbonyl (C=O) groups excluding carboxylic acids is 3. The molecule has 0 atom stereocenters. The SMILES string of the molecule is C.CCOC(=O)CBr.CSc1c(Cl)ccc2c(=O)c3ccc(C(C)(C)C#N)nc3[nH]c12.CSc1c(Cl)ccc2c(=O)c3ccc(C(C)(C)C#N)nc3n(CC(=O)O)c12.CSc1c(Cl)ccc2c(=O)c3ccc(Cl)nc3[nH]c12.O.[C-]#[N+]C(C)(C)c1ccc2c(=O)c3ccc(Cl)c(SC)c3n(CC(=O)OCC)c2n1.[C-]#[N+]C(C)(C)c1ccc2c(=O)c3ccc(Cl)c(SC)c3n(C[C-]=O)c2n1.[Li+].[Na+].[OH-].[OH-]. The zero-order valence-electron chi connectivity index (χ0n) is 76.2. The normalized spacial score (nSPS) is 10.9. The molecule has 0 radical (unpaired) electrons. The first-order valence-corrected chi connectivity index (χ1v) is 48.8. The van der Waals surface area contributed by atoms with Gasteiger partial charge in [-0.25, -0.2) is 44.4 Å². The fraction of sp³-hybridized carbons (Fsp3) is 0.277. The van der Waals surface area contributed by atoms with E-state index in [4.69, 9.17) is 87.5 Å². The molecule has 0 aliphatic heterocycles. The number of nitriles is 2. The van der Waals surface area contributed by atoms with E-state index in [1.165, 1.54) is 63.4 Å². The van der Waals surface area contributed by atoms with Gasteiger partial charge >= 0.3 is 66.3 Å². The van der Waals surface area contributed by atoms with Crippen molar-refractivity contribution >= 4 is 278 Å². The first-order valence-electron chi connectivity index (χ1n) is 39.3. The van der Waals surface area contributed by atoms with Gasteiger partial charge in [-0.1, -0.05) is 99.5 Å². The number of esters is 2. The number of ether oxygens (including phenoxy) is 2. The second-order valence-electron chi connectivity index (χ2n) is 30.5. The summed E-state index contributed by atoms with van der Waals surface area (Å²) in [5, 5.41) is 36.0. The number of rotatable bonds is 18. The number of thioether (sulfide) groups is 5. The Balaban J connectivity index is 0.000000349. The maximum absolute atomic E-state index is 13.2. The molecule has 0 saturated heterocycles. The van der Waals surface area contributed by atoms with E-state index >= 15 is 0 Å². The molecular weight excluding hydrogens is 2050 g/mol. The van der Waals surface area contributed by atoms with E-state index in [-0.39, 0.29) is 137 Å². The largest absolute Gasteiger partial charge is 1.00 e. The standard InChI is InChI=1S/C21H20ClN3O3S.C19H16ClN3O3S.C19H15ClN3O2S.C17H14ClN3OS.C13H8Cl2N2OS.C4H7BrO2.CH4.Li.Na.3H2O/c1-6-28-16(26)11-25-17-12(7-9-14(22)19(17)29-5)18(27)13-8-10-15(24-20(13)25)21(2,3)23-4;1-19(2,9-21)13-7-5-11-16(26)10-4-6-12(20)17(27-3)15(10)23(8-14(24)25)18(11)22-13;1-19(2,21-3)14-8-6-12-16(25)11-5-7-13(20)17(26-4)15(11)23(9-10-24)18(12)22-14;1-17(2,8-19)12-7-5-10-14(22)9-4-6-11(18)15(23-3)13(9)21-16(10)20-12;1-19-12-8(14)4-2-6-10(12)17-13-7(11(6)18)3-5-9(15)16-13;1-2-7-4(6)3-5;;;;;;/h7-10H,6,11H2,1-3,5H3;4-7H,8H2,1-3H3,(H,24,25);5-8H,9H2,1-2,4H3;4-7H,1-3H3,(H,20,21,22);2-5H,1H3,(H,16,17,18);2-3H2,1H3;1H4;;;3*1H2/q;;-1;;;;;2*+1;;;/p-2. The number of nitrogens with zero attached hydrogens (tertiary/aromatic N) is 12. The van der Waals surface area contributed by atoms with E-state index in [9.17, 15) is 58.8 Å². The van der Waals surface area contributed by atoms with Crippen LogP contribution in [0.3, 0.4) is 0 Å². The minimum atomic E-state index is -1.07. The molecular formula is C94H88BrCl6LiN14NaO15S5-. The molecule has 0 amide bonds. The van der Waals surface area contributed by atoms with Gasteiger partial charge in [0.05, 0.1) is 142 Å². The molecule has 29 nitrogen and oxygen atoms in total. The van der Waals surface area contributed by atoms with Crippen LogP contribution in [0, 0.1) is 35.8 Å². The van der Waals surface area contributed by atoms with Crippen molar-refractivity contribution in [2.75, 3.05) is 49.8 Å². The number of nitrogens with one attached hydrogen (secondary N) is 2. The van der Waals surface area contributed by atoms with E-state index in [0.717, 1.165) is 9.79 Å². The van der Waals surface area contributed by atoms with E-state index in [0.29, 0.717) is 184 Å². The van der Waals surface area contributed by atoms with Crippen molar-refractivity contribution in [3.05, 3.63) is 248 Å². The molecule has 7 N–H and O–H groups in total. The molecule has 137 heavy (non-hydrogen) atoms. The van der Waals surface area contributed by atoms with Crippen molar-refractivity contribution in [2.24, 2.45) is 0 Å². The molecule has 0 fully saturated rings. The van der Waals surface area contributed by atoms with Crippen LogP contribution in [0.4, 0.5) is 0 Å². The van der Waals surface area contributed by atoms with Gasteiger partial charge in [-0.2, -0.15) is 10.5 Å². The molecule has 0 aliphatic carbocycles. The maximum atomic E-state index is 13.2.